The monoisotopic (exact) mass is 446 g/mol. The highest BCUT2D eigenvalue weighted by Gasteiger charge is 2.23. The Kier molecular flexibility index (Phi) is 5.88. The maximum atomic E-state index is 14.8. The lowest BCUT2D eigenvalue weighted by Gasteiger charge is -2.26. The molecule has 1 saturated carbocycles. The third-order valence-electron chi connectivity index (χ3n) is 6.09. The van der Waals surface area contributed by atoms with Gasteiger partial charge in [0.1, 0.15) is 5.82 Å². The number of nitrogens with one attached hydrogen (secondary N) is 2. The summed E-state index contributed by atoms with van der Waals surface area (Å²) in [4.78, 5) is 17.1. The first kappa shape index (κ1) is 21.6. The van der Waals surface area contributed by atoms with Crippen molar-refractivity contribution in [3.63, 3.8) is 0 Å². The lowest BCUT2D eigenvalue weighted by molar-refractivity contribution is 0.0919. The van der Waals surface area contributed by atoms with E-state index >= 15 is 0 Å². The zero-order valence-electron chi connectivity index (χ0n) is 17.7. The number of hydrogen-bond acceptors (Lipinski definition) is 3. The first-order chi connectivity index (χ1) is 14.7. The molecule has 1 fully saturated rings. The van der Waals surface area contributed by atoms with Crippen LogP contribution in [-0.4, -0.2) is 21.5 Å². The summed E-state index contributed by atoms with van der Waals surface area (Å²) in [5.74, 6) is -0.588. The van der Waals surface area contributed by atoms with Crippen molar-refractivity contribution in [3.8, 4) is 0 Å². The van der Waals surface area contributed by atoms with Gasteiger partial charge in [0.25, 0.3) is 5.91 Å². The first-order valence-electron chi connectivity index (χ1n) is 10.4. The molecule has 1 amide bonds. The molecule has 0 bridgehead atoms. The standard InChI is InChI=1S/C23H25ClF2N4O/c1-12-4-7-14(8-5-12)27-22(31)15-10-18-19(11-17(15)25)30(3)23(28-18)29-21-16(24)9-6-13(2)20(21)26/h6,9-12,14H,4-5,7-8H2,1-3H3,(H,27,31)(H,28,29)/t12-,14-. The maximum Gasteiger partial charge on any atom is 0.254 e. The number of rotatable bonds is 4. The van der Waals surface area contributed by atoms with Crippen LogP contribution in [0.5, 0.6) is 0 Å². The van der Waals surface area contributed by atoms with Crippen LogP contribution in [-0.2, 0) is 7.05 Å². The van der Waals surface area contributed by atoms with Crippen LogP contribution in [0, 0.1) is 24.5 Å². The number of halogens is 3. The third kappa shape index (κ3) is 4.24. The van der Waals surface area contributed by atoms with E-state index < -0.39 is 17.5 Å². The van der Waals surface area contributed by atoms with Gasteiger partial charge in [-0.25, -0.2) is 13.8 Å². The van der Waals surface area contributed by atoms with Crippen LogP contribution in [0.3, 0.4) is 0 Å². The molecule has 3 aromatic rings. The smallest absolute Gasteiger partial charge is 0.254 e. The van der Waals surface area contributed by atoms with Crippen LogP contribution >= 0.6 is 11.6 Å². The molecule has 0 spiro atoms. The molecule has 0 radical (unpaired) electrons. The van der Waals surface area contributed by atoms with E-state index in [4.69, 9.17) is 11.6 Å². The van der Waals surface area contributed by atoms with E-state index in [0.29, 0.717) is 28.5 Å². The summed E-state index contributed by atoms with van der Waals surface area (Å²) in [6, 6.07) is 5.96. The molecule has 5 nitrogen and oxygen atoms in total. The summed E-state index contributed by atoms with van der Waals surface area (Å²) < 4.78 is 30.9. The third-order valence-corrected chi connectivity index (χ3v) is 6.40. The second-order valence-electron chi connectivity index (χ2n) is 8.42. The molecule has 0 saturated heterocycles. The Bertz CT molecular complexity index is 1150. The van der Waals surface area contributed by atoms with Crippen molar-refractivity contribution in [1.82, 2.24) is 14.9 Å². The summed E-state index contributed by atoms with van der Waals surface area (Å²) in [7, 11) is 1.68. The van der Waals surface area contributed by atoms with E-state index in [9.17, 15) is 13.6 Å². The van der Waals surface area contributed by atoms with Crippen LogP contribution < -0.4 is 10.6 Å². The average molecular weight is 447 g/mol. The predicted molar refractivity (Wildman–Crippen MR) is 119 cm³/mol. The molecule has 2 N–H and O–H groups in total. The number of carbonyl (C=O) groups is 1. The molecule has 2 aromatic carbocycles. The van der Waals surface area contributed by atoms with E-state index in [-0.39, 0.29) is 22.3 Å². The van der Waals surface area contributed by atoms with Crippen LogP contribution in [0.1, 0.15) is 48.5 Å². The first-order valence-corrected chi connectivity index (χ1v) is 10.8. The number of nitrogens with zero attached hydrogens (tertiary/aromatic N) is 2. The van der Waals surface area contributed by atoms with Crippen molar-refractivity contribution < 1.29 is 13.6 Å². The van der Waals surface area contributed by atoms with Gasteiger partial charge >= 0.3 is 0 Å². The summed E-state index contributed by atoms with van der Waals surface area (Å²) in [5, 5.41) is 6.06. The molecule has 1 aliphatic rings. The average Bonchev–Trinajstić information content (AvgIpc) is 3.04. The van der Waals surface area contributed by atoms with Crippen LogP contribution in [0.4, 0.5) is 20.4 Å². The van der Waals surface area contributed by atoms with Crippen LogP contribution in [0.15, 0.2) is 24.3 Å². The predicted octanol–water partition coefficient (Wildman–Crippen LogP) is 5.87. The van der Waals surface area contributed by atoms with Crippen molar-refractivity contribution >= 4 is 40.2 Å². The number of anilines is 2. The fraction of sp³-hybridized carbons (Fsp3) is 0.391. The number of aryl methyl sites for hydroxylation is 2. The number of aromatic nitrogens is 2. The number of benzene rings is 2. The lowest BCUT2D eigenvalue weighted by Crippen LogP contribution is -2.37. The van der Waals surface area contributed by atoms with Crippen molar-refractivity contribution in [2.75, 3.05) is 5.32 Å². The van der Waals surface area contributed by atoms with Gasteiger partial charge in [-0.1, -0.05) is 24.6 Å². The number of hydrogen-bond donors (Lipinski definition) is 2. The van der Waals surface area contributed by atoms with Gasteiger partial charge in [-0.2, -0.15) is 0 Å². The highest BCUT2D eigenvalue weighted by molar-refractivity contribution is 6.33. The number of imidazole rings is 1. The molecule has 1 aromatic heterocycles. The molecule has 164 valence electrons. The van der Waals surface area contributed by atoms with Gasteiger partial charge < -0.3 is 15.2 Å². The summed E-state index contributed by atoms with van der Waals surface area (Å²) in [5.41, 5.74) is 1.40. The fourth-order valence-corrected chi connectivity index (χ4v) is 4.24. The molecule has 0 unspecified atom stereocenters. The Balaban J connectivity index is 1.62. The quantitative estimate of drug-likeness (QED) is 0.527. The zero-order valence-corrected chi connectivity index (χ0v) is 18.5. The van der Waals surface area contributed by atoms with Crippen molar-refractivity contribution in [3.05, 3.63) is 52.0 Å². The summed E-state index contributed by atoms with van der Waals surface area (Å²) in [6.07, 6.45) is 3.91. The lowest BCUT2D eigenvalue weighted by atomic mass is 9.87. The van der Waals surface area contributed by atoms with Gasteiger partial charge in [0.05, 0.1) is 27.3 Å². The van der Waals surface area contributed by atoms with E-state index in [0.717, 1.165) is 25.7 Å². The Morgan fingerprint density at radius 3 is 2.61 bits per heavy atom. The fourth-order valence-electron chi connectivity index (χ4n) is 4.05. The second kappa shape index (κ2) is 8.46. The Morgan fingerprint density at radius 1 is 1.19 bits per heavy atom. The van der Waals surface area contributed by atoms with Crippen molar-refractivity contribution in [2.45, 2.75) is 45.6 Å². The van der Waals surface area contributed by atoms with E-state index in [1.807, 2.05) is 0 Å². The zero-order chi connectivity index (χ0) is 22.3. The SMILES string of the molecule is Cc1ccc(Cl)c(Nc2nc3cc(C(=O)N[C@H]4CC[C@H](C)CC4)c(F)cc3n2C)c1F. The van der Waals surface area contributed by atoms with E-state index in [1.54, 1.807) is 30.7 Å². The molecular formula is C23H25ClF2N4O. The van der Waals surface area contributed by atoms with E-state index in [1.165, 1.54) is 12.1 Å². The van der Waals surface area contributed by atoms with Gasteiger partial charge in [-0.05, 0) is 56.2 Å². The largest absolute Gasteiger partial charge is 0.349 e. The van der Waals surface area contributed by atoms with Gasteiger partial charge in [-0.15, -0.1) is 0 Å². The number of carbonyl (C=O) groups excluding carboxylic acids is 1. The minimum atomic E-state index is -0.622. The van der Waals surface area contributed by atoms with Crippen molar-refractivity contribution in [1.29, 1.82) is 0 Å². The maximum absolute atomic E-state index is 14.8. The molecule has 31 heavy (non-hydrogen) atoms. The minimum absolute atomic E-state index is 0.0458. The Morgan fingerprint density at radius 2 is 1.90 bits per heavy atom. The van der Waals surface area contributed by atoms with Gasteiger partial charge in [0.2, 0.25) is 5.95 Å². The normalized spacial score (nSPS) is 18.9. The highest BCUT2D eigenvalue weighted by Crippen LogP contribution is 2.31. The topological polar surface area (TPSA) is 59.0 Å². The van der Waals surface area contributed by atoms with Crippen LogP contribution in [0.2, 0.25) is 5.02 Å². The second-order valence-corrected chi connectivity index (χ2v) is 8.83. The Hall–Kier alpha value is -2.67. The number of fused-ring (bicyclic) bond motifs is 1. The molecule has 1 heterocycles. The van der Waals surface area contributed by atoms with Crippen molar-refractivity contribution in [2.24, 2.45) is 13.0 Å². The van der Waals surface area contributed by atoms with Crippen LogP contribution in [0.25, 0.3) is 11.0 Å². The molecule has 8 heteroatoms. The van der Waals surface area contributed by atoms with E-state index in [2.05, 4.69) is 22.5 Å². The minimum Gasteiger partial charge on any atom is -0.349 e. The van der Waals surface area contributed by atoms with Gasteiger partial charge in [0.15, 0.2) is 5.82 Å². The number of amides is 1. The summed E-state index contributed by atoms with van der Waals surface area (Å²) in [6.45, 7) is 3.84. The molecule has 0 atom stereocenters. The van der Waals surface area contributed by atoms with Gasteiger partial charge in [-0.3, -0.25) is 4.79 Å². The Labute approximate surface area is 184 Å². The van der Waals surface area contributed by atoms with Gasteiger partial charge in [0, 0.05) is 19.2 Å². The highest BCUT2D eigenvalue weighted by atomic mass is 35.5. The molecule has 1 aliphatic carbocycles. The summed E-state index contributed by atoms with van der Waals surface area (Å²) >= 11 is 6.14. The molecule has 0 aliphatic heterocycles. The molecular weight excluding hydrogens is 422 g/mol. The molecule has 4 rings (SSSR count).